The predicted octanol–water partition coefficient (Wildman–Crippen LogP) is 7.02. The van der Waals surface area contributed by atoms with Crippen LogP contribution in [0, 0.1) is 46.3 Å². The van der Waals surface area contributed by atoms with Crippen molar-refractivity contribution in [2.45, 2.75) is 91.9 Å². The Morgan fingerprint density at radius 1 is 0.750 bits per heavy atom. The largest absolute Gasteiger partial charge is 0.0998 e. The van der Waals surface area contributed by atoms with Crippen molar-refractivity contribution < 1.29 is 0 Å². The summed E-state index contributed by atoms with van der Waals surface area (Å²) in [4.78, 5) is 0. The maximum Gasteiger partial charge on any atom is -0.0175 e. The molecule has 0 heterocycles. The number of hydrogen-bond donors (Lipinski definition) is 0. The fraction of sp³-hybridized carbons (Fsp3) is 1.00. The summed E-state index contributed by atoms with van der Waals surface area (Å²) in [6.07, 6.45) is 9.27. The molecule has 0 aromatic rings. The Hall–Kier alpha value is 0.430. The third-order valence-corrected chi connectivity index (χ3v) is 14.0. The highest BCUT2D eigenvalue weighted by Crippen LogP contribution is 2.72. The molecule has 6 aliphatic carbocycles. The fourth-order valence-corrected chi connectivity index (χ4v) is 12.3. The minimum atomic E-state index is 0.249. The zero-order valence-electron chi connectivity index (χ0n) is 17.3. The van der Waals surface area contributed by atoms with Crippen LogP contribution in [-0.2, 0) is 0 Å². The topological polar surface area (TPSA) is 0 Å². The van der Waals surface area contributed by atoms with Gasteiger partial charge < -0.3 is 0 Å². The molecule has 0 amide bonds. The summed E-state index contributed by atoms with van der Waals surface area (Å²) in [6, 6.07) is 0. The first-order valence-corrected chi connectivity index (χ1v) is 12.6. The molecule has 0 spiro atoms. The highest BCUT2D eigenvalue weighted by Gasteiger charge is 2.61. The Balaban J connectivity index is 1.54. The van der Waals surface area contributed by atoms with Gasteiger partial charge in [0.1, 0.15) is 0 Å². The standard InChI is InChI=1S/C23H41P/c1-8-9-24(20-12-16-10-18(14(20)2)22(16,4)5)21-13-17-11-19(15(21)3)23(17,6)7/h14-21H,8-13H2,1-7H3. The zero-order valence-corrected chi connectivity index (χ0v) is 18.2. The van der Waals surface area contributed by atoms with E-state index in [2.05, 4.69) is 48.5 Å². The second-order valence-electron chi connectivity index (χ2n) is 11.3. The Kier molecular flexibility index (Phi) is 4.24. The molecule has 6 saturated carbocycles. The summed E-state index contributed by atoms with van der Waals surface area (Å²) >= 11 is 0. The summed E-state index contributed by atoms with van der Waals surface area (Å²) in [7, 11) is 0.249. The molecule has 0 N–H and O–H groups in total. The maximum absolute atomic E-state index is 2.65. The monoisotopic (exact) mass is 348 g/mol. The van der Waals surface area contributed by atoms with E-state index in [1.165, 1.54) is 6.42 Å². The molecule has 8 atom stereocenters. The molecular weight excluding hydrogens is 307 g/mol. The van der Waals surface area contributed by atoms with Crippen molar-refractivity contribution in [1.82, 2.24) is 0 Å². The van der Waals surface area contributed by atoms with Crippen LogP contribution < -0.4 is 0 Å². The van der Waals surface area contributed by atoms with Crippen LogP contribution >= 0.6 is 7.92 Å². The van der Waals surface area contributed by atoms with Crippen LogP contribution in [0.25, 0.3) is 0 Å². The fourth-order valence-electron chi connectivity index (χ4n) is 7.96. The van der Waals surface area contributed by atoms with E-state index in [0.717, 1.165) is 46.8 Å². The molecule has 24 heavy (non-hydrogen) atoms. The average molecular weight is 349 g/mol. The smallest absolute Gasteiger partial charge is 0.0175 e. The molecule has 6 rings (SSSR count). The van der Waals surface area contributed by atoms with Crippen LogP contribution in [-0.4, -0.2) is 17.5 Å². The van der Waals surface area contributed by atoms with E-state index in [0.29, 0.717) is 10.8 Å². The van der Waals surface area contributed by atoms with Gasteiger partial charge in [0.25, 0.3) is 0 Å². The van der Waals surface area contributed by atoms with E-state index < -0.39 is 0 Å². The second-order valence-corrected chi connectivity index (χ2v) is 14.1. The van der Waals surface area contributed by atoms with Crippen molar-refractivity contribution in [3.8, 4) is 0 Å². The van der Waals surface area contributed by atoms with Gasteiger partial charge in [0.15, 0.2) is 0 Å². The van der Waals surface area contributed by atoms with Gasteiger partial charge in [-0.2, -0.15) is 0 Å². The Labute approximate surface area is 152 Å². The van der Waals surface area contributed by atoms with Gasteiger partial charge in [-0.25, -0.2) is 0 Å². The highest BCUT2D eigenvalue weighted by atomic mass is 31.1. The van der Waals surface area contributed by atoms with Gasteiger partial charge >= 0.3 is 0 Å². The van der Waals surface area contributed by atoms with Gasteiger partial charge in [-0.3, -0.25) is 0 Å². The maximum atomic E-state index is 2.65. The van der Waals surface area contributed by atoms with Crippen molar-refractivity contribution in [2.75, 3.05) is 6.16 Å². The third-order valence-electron chi connectivity index (χ3n) is 9.96. The number of fused-ring (bicyclic) bond motifs is 4. The molecule has 8 unspecified atom stereocenters. The predicted molar refractivity (Wildman–Crippen MR) is 108 cm³/mol. The van der Waals surface area contributed by atoms with Crippen LogP contribution in [0.15, 0.2) is 0 Å². The summed E-state index contributed by atoms with van der Waals surface area (Å²) in [6.45, 7) is 18.0. The number of hydrogen-bond acceptors (Lipinski definition) is 0. The first-order valence-electron chi connectivity index (χ1n) is 10.9. The molecule has 0 saturated heterocycles. The first-order chi connectivity index (χ1) is 11.2. The van der Waals surface area contributed by atoms with Crippen molar-refractivity contribution in [1.29, 1.82) is 0 Å². The quantitative estimate of drug-likeness (QED) is 0.479. The van der Waals surface area contributed by atoms with Gasteiger partial charge in [0, 0.05) is 0 Å². The SMILES string of the molecule is CCCP(C1CC2CC(C1C)C2(C)C)C1CC2CC(C1C)C2(C)C. The average Bonchev–Trinajstić information content (AvgIpc) is 2.52. The third kappa shape index (κ3) is 2.27. The molecule has 0 aromatic carbocycles. The summed E-state index contributed by atoms with van der Waals surface area (Å²) < 4.78 is 0. The van der Waals surface area contributed by atoms with Crippen molar-refractivity contribution >= 4 is 7.92 Å². The van der Waals surface area contributed by atoms with Crippen LogP contribution in [0.4, 0.5) is 0 Å². The lowest BCUT2D eigenvalue weighted by molar-refractivity contribution is -0.102. The van der Waals surface area contributed by atoms with E-state index in [1.807, 2.05) is 0 Å². The molecular formula is C23H41P. The molecule has 4 bridgehead atoms. The summed E-state index contributed by atoms with van der Waals surface area (Å²) in [5, 5.41) is 0. The molecule has 138 valence electrons. The van der Waals surface area contributed by atoms with Crippen LogP contribution in [0.5, 0.6) is 0 Å². The van der Waals surface area contributed by atoms with Gasteiger partial charge in [-0.15, -0.1) is 0 Å². The van der Waals surface area contributed by atoms with E-state index in [1.54, 1.807) is 31.8 Å². The molecule has 0 nitrogen and oxygen atoms in total. The van der Waals surface area contributed by atoms with Gasteiger partial charge in [-0.05, 0) is 89.5 Å². The van der Waals surface area contributed by atoms with Crippen LogP contribution in [0.3, 0.4) is 0 Å². The van der Waals surface area contributed by atoms with Gasteiger partial charge in [0.05, 0.1) is 0 Å². The molecule has 0 aromatic heterocycles. The van der Waals surface area contributed by atoms with Crippen LogP contribution in [0.2, 0.25) is 0 Å². The Morgan fingerprint density at radius 2 is 1.17 bits per heavy atom. The lowest BCUT2D eigenvalue weighted by Crippen LogP contribution is -2.59. The van der Waals surface area contributed by atoms with Gasteiger partial charge in [0.2, 0.25) is 0 Å². The lowest BCUT2D eigenvalue weighted by atomic mass is 9.45. The molecule has 1 heteroatoms. The van der Waals surface area contributed by atoms with E-state index in [4.69, 9.17) is 0 Å². The lowest BCUT2D eigenvalue weighted by Gasteiger charge is -2.67. The van der Waals surface area contributed by atoms with Crippen LogP contribution in [0.1, 0.15) is 80.6 Å². The minimum Gasteiger partial charge on any atom is -0.0998 e. The van der Waals surface area contributed by atoms with Crippen molar-refractivity contribution in [2.24, 2.45) is 46.3 Å². The minimum absolute atomic E-state index is 0.249. The normalized spacial score (nSPS) is 52.1. The first kappa shape index (κ1) is 17.8. The van der Waals surface area contributed by atoms with Crippen molar-refractivity contribution in [3.63, 3.8) is 0 Å². The Morgan fingerprint density at radius 3 is 1.46 bits per heavy atom. The molecule has 0 radical (unpaired) electrons. The zero-order chi connectivity index (χ0) is 17.4. The summed E-state index contributed by atoms with van der Waals surface area (Å²) in [5.41, 5.74) is 3.52. The molecule has 0 aliphatic heterocycles. The molecule has 6 fully saturated rings. The Bertz CT molecular complexity index is 450. The van der Waals surface area contributed by atoms with Gasteiger partial charge in [-0.1, -0.05) is 62.8 Å². The molecule has 6 aliphatic rings. The summed E-state index contributed by atoms with van der Waals surface area (Å²) in [5.74, 6) is 6.18. The number of rotatable bonds is 4. The van der Waals surface area contributed by atoms with E-state index in [9.17, 15) is 0 Å². The van der Waals surface area contributed by atoms with E-state index in [-0.39, 0.29) is 7.92 Å². The van der Waals surface area contributed by atoms with Crippen molar-refractivity contribution in [3.05, 3.63) is 0 Å². The second kappa shape index (κ2) is 5.71. The highest BCUT2D eigenvalue weighted by molar-refractivity contribution is 7.59. The van der Waals surface area contributed by atoms with E-state index >= 15 is 0 Å².